The third kappa shape index (κ3) is 2.35. The highest BCUT2D eigenvalue weighted by Crippen LogP contribution is 2.61. The van der Waals surface area contributed by atoms with Crippen molar-refractivity contribution in [3.8, 4) is 5.75 Å². The highest BCUT2D eigenvalue weighted by atomic mass is 16.5. The Kier molecular flexibility index (Phi) is 3.85. The van der Waals surface area contributed by atoms with E-state index in [9.17, 15) is 4.79 Å². The van der Waals surface area contributed by atoms with Gasteiger partial charge >= 0.3 is 5.97 Å². The number of hydrogen-bond acceptors (Lipinski definition) is 3. The van der Waals surface area contributed by atoms with Gasteiger partial charge in [-0.15, -0.1) is 0 Å². The SMILES string of the molecule is COc1ccc2c(c1)CC[C@H]1[C@H]2CC[C@]2(C)[C@H](OC(C)=O)CC[C@@H]12. The molecule has 4 rings (SSSR count). The van der Waals surface area contributed by atoms with Crippen LogP contribution in [0.25, 0.3) is 0 Å². The molecule has 3 aliphatic rings. The summed E-state index contributed by atoms with van der Waals surface area (Å²) in [5.74, 6) is 2.96. The van der Waals surface area contributed by atoms with Crippen molar-refractivity contribution < 1.29 is 14.3 Å². The fourth-order valence-corrected chi connectivity index (χ4v) is 6.03. The van der Waals surface area contributed by atoms with Gasteiger partial charge in [-0.05, 0) is 79.5 Å². The Morgan fingerprint density at radius 3 is 2.79 bits per heavy atom. The lowest BCUT2D eigenvalue weighted by molar-refractivity contribution is -0.154. The van der Waals surface area contributed by atoms with Crippen LogP contribution < -0.4 is 4.74 Å². The minimum absolute atomic E-state index is 0.120. The first-order valence-corrected chi connectivity index (χ1v) is 9.37. The third-order valence-electron chi connectivity index (χ3n) is 7.15. The number of benzene rings is 1. The standard InChI is InChI=1S/C21H28O3/c1-13(22)24-20-9-8-19-18-6-4-14-12-15(23-3)5-7-16(14)17(18)10-11-21(19,20)2/h5,7,12,17-20H,4,6,8-11H2,1-3H3/t17-,18-,19-,20+,21-/m0/s1. The zero-order chi connectivity index (χ0) is 16.9. The maximum absolute atomic E-state index is 11.5. The molecule has 0 aromatic heterocycles. The van der Waals surface area contributed by atoms with E-state index in [1.807, 2.05) is 0 Å². The molecule has 0 spiro atoms. The van der Waals surface area contributed by atoms with Gasteiger partial charge in [0.05, 0.1) is 7.11 Å². The van der Waals surface area contributed by atoms with Crippen LogP contribution in [-0.2, 0) is 16.0 Å². The molecule has 0 unspecified atom stereocenters. The molecule has 3 heteroatoms. The van der Waals surface area contributed by atoms with E-state index in [-0.39, 0.29) is 17.5 Å². The molecule has 5 atom stereocenters. The first-order chi connectivity index (χ1) is 11.5. The minimum Gasteiger partial charge on any atom is -0.497 e. The molecule has 130 valence electrons. The predicted molar refractivity (Wildman–Crippen MR) is 93.2 cm³/mol. The summed E-state index contributed by atoms with van der Waals surface area (Å²) in [4.78, 5) is 11.5. The van der Waals surface area contributed by atoms with E-state index in [2.05, 4.69) is 25.1 Å². The van der Waals surface area contributed by atoms with Crippen LogP contribution in [0, 0.1) is 17.3 Å². The van der Waals surface area contributed by atoms with E-state index < -0.39 is 0 Å². The maximum atomic E-state index is 11.5. The van der Waals surface area contributed by atoms with Crippen LogP contribution in [0.2, 0.25) is 0 Å². The molecule has 2 fully saturated rings. The Labute approximate surface area is 144 Å². The van der Waals surface area contributed by atoms with Crippen molar-refractivity contribution in [2.75, 3.05) is 7.11 Å². The highest BCUT2D eigenvalue weighted by molar-refractivity contribution is 5.66. The molecule has 1 aromatic rings. The van der Waals surface area contributed by atoms with Crippen LogP contribution in [0.5, 0.6) is 5.75 Å². The molecule has 0 heterocycles. The van der Waals surface area contributed by atoms with Gasteiger partial charge in [0, 0.05) is 12.3 Å². The Morgan fingerprint density at radius 1 is 1.21 bits per heavy atom. The molecular formula is C21H28O3. The number of rotatable bonds is 2. The van der Waals surface area contributed by atoms with Crippen LogP contribution in [0.15, 0.2) is 18.2 Å². The number of methoxy groups -OCH3 is 1. The topological polar surface area (TPSA) is 35.5 Å². The van der Waals surface area contributed by atoms with Crippen molar-refractivity contribution >= 4 is 5.97 Å². The fraction of sp³-hybridized carbons (Fsp3) is 0.667. The Balaban J connectivity index is 1.62. The van der Waals surface area contributed by atoms with Gasteiger partial charge in [0.1, 0.15) is 11.9 Å². The number of esters is 1. The van der Waals surface area contributed by atoms with Gasteiger partial charge in [-0.1, -0.05) is 13.0 Å². The molecule has 0 N–H and O–H groups in total. The van der Waals surface area contributed by atoms with Crippen LogP contribution >= 0.6 is 0 Å². The lowest BCUT2D eigenvalue weighted by Gasteiger charge is -2.50. The van der Waals surface area contributed by atoms with E-state index >= 15 is 0 Å². The smallest absolute Gasteiger partial charge is 0.302 e. The number of hydrogen-bond donors (Lipinski definition) is 0. The molecule has 3 nitrogen and oxygen atoms in total. The summed E-state index contributed by atoms with van der Waals surface area (Å²) in [6, 6.07) is 6.65. The molecule has 0 aliphatic heterocycles. The van der Waals surface area contributed by atoms with Crippen LogP contribution in [-0.4, -0.2) is 19.2 Å². The lowest BCUT2D eigenvalue weighted by atomic mass is 9.55. The summed E-state index contributed by atoms with van der Waals surface area (Å²) in [5, 5.41) is 0. The van der Waals surface area contributed by atoms with E-state index in [1.165, 1.54) is 31.2 Å². The summed E-state index contributed by atoms with van der Waals surface area (Å²) < 4.78 is 11.1. The molecule has 0 saturated heterocycles. The zero-order valence-corrected chi connectivity index (χ0v) is 15.0. The van der Waals surface area contributed by atoms with Crippen molar-refractivity contribution in [1.29, 1.82) is 0 Å². The Hall–Kier alpha value is -1.51. The van der Waals surface area contributed by atoms with E-state index in [1.54, 1.807) is 19.6 Å². The first kappa shape index (κ1) is 16.0. The summed E-state index contributed by atoms with van der Waals surface area (Å²) in [5.41, 5.74) is 3.20. The number of fused-ring (bicyclic) bond motifs is 5. The fourth-order valence-electron chi connectivity index (χ4n) is 6.03. The summed E-state index contributed by atoms with van der Waals surface area (Å²) in [7, 11) is 1.74. The molecule has 24 heavy (non-hydrogen) atoms. The average molecular weight is 328 g/mol. The normalized spacial score (nSPS) is 37.1. The molecule has 3 aliphatic carbocycles. The monoisotopic (exact) mass is 328 g/mol. The minimum atomic E-state index is -0.120. The van der Waals surface area contributed by atoms with Gasteiger partial charge in [-0.2, -0.15) is 0 Å². The van der Waals surface area contributed by atoms with E-state index in [4.69, 9.17) is 9.47 Å². The molecule has 0 amide bonds. The summed E-state index contributed by atoms with van der Waals surface area (Å²) >= 11 is 0. The largest absolute Gasteiger partial charge is 0.497 e. The quantitative estimate of drug-likeness (QED) is 0.751. The van der Waals surface area contributed by atoms with E-state index in [0.29, 0.717) is 11.8 Å². The van der Waals surface area contributed by atoms with Crippen LogP contribution in [0.3, 0.4) is 0 Å². The Morgan fingerprint density at radius 2 is 2.04 bits per heavy atom. The zero-order valence-electron chi connectivity index (χ0n) is 15.0. The molecule has 0 bridgehead atoms. The van der Waals surface area contributed by atoms with Gasteiger partial charge in [0.15, 0.2) is 0 Å². The van der Waals surface area contributed by atoms with Gasteiger partial charge < -0.3 is 9.47 Å². The lowest BCUT2D eigenvalue weighted by Crippen LogP contribution is -2.45. The molecular weight excluding hydrogens is 300 g/mol. The molecule has 1 aromatic carbocycles. The summed E-state index contributed by atoms with van der Waals surface area (Å²) in [6.45, 7) is 3.92. The Bertz CT molecular complexity index is 652. The van der Waals surface area contributed by atoms with Crippen molar-refractivity contribution in [2.24, 2.45) is 17.3 Å². The van der Waals surface area contributed by atoms with Crippen LogP contribution in [0.4, 0.5) is 0 Å². The van der Waals surface area contributed by atoms with Crippen molar-refractivity contribution in [2.45, 2.75) is 64.4 Å². The number of carbonyl (C=O) groups is 1. The molecule has 2 saturated carbocycles. The molecule has 0 radical (unpaired) electrons. The second-order valence-electron chi connectivity index (χ2n) is 8.20. The number of carbonyl (C=O) groups excluding carboxylic acids is 1. The van der Waals surface area contributed by atoms with E-state index in [0.717, 1.165) is 24.5 Å². The van der Waals surface area contributed by atoms with Crippen LogP contribution in [0.1, 0.15) is 63.0 Å². The van der Waals surface area contributed by atoms with Crippen molar-refractivity contribution in [3.05, 3.63) is 29.3 Å². The maximum Gasteiger partial charge on any atom is 0.302 e. The summed E-state index contributed by atoms with van der Waals surface area (Å²) in [6.07, 6.45) is 7.17. The van der Waals surface area contributed by atoms with Gasteiger partial charge in [-0.25, -0.2) is 0 Å². The average Bonchev–Trinajstić information content (AvgIpc) is 2.90. The predicted octanol–water partition coefficient (Wildman–Crippen LogP) is 4.48. The first-order valence-electron chi connectivity index (χ1n) is 9.37. The van der Waals surface area contributed by atoms with Gasteiger partial charge in [0.25, 0.3) is 0 Å². The second-order valence-corrected chi connectivity index (χ2v) is 8.20. The van der Waals surface area contributed by atoms with Crippen molar-refractivity contribution in [1.82, 2.24) is 0 Å². The van der Waals surface area contributed by atoms with Gasteiger partial charge in [-0.3, -0.25) is 4.79 Å². The second kappa shape index (κ2) is 5.79. The third-order valence-corrected chi connectivity index (χ3v) is 7.15. The highest BCUT2D eigenvalue weighted by Gasteiger charge is 2.56. The van der Waals surface area contributed by atoms with Crippen molar-refractivity contribution in [3.63, 3.8) is 0 Å². The van der Waals surface area contributed by atoms with Gasteiger partial charge in [0.2, 0.25) is 0 Å². The number of ether oxygens (including phenoxy) is 2. The number of aryl methyl sites for hydroxylation is 1.